The van der Waals surface area contributed by atoms with Crippen LogP contribution in [0.4, 0.5) is 5.69 Å². The SMILES string of the molecule is CC(=O)N1CCc2ccccc2C1CC(=O)NN(Cc1ccccc1)c1ccccc1. The summed E-state index contributed by atoms with van der Waals surface area (Å²) in [4.78, 5) is 27.3. The van der Waals surface area contributed by atoms with Crippen molar-refractivity contribution in [3.05, 3.63) is 102 Å². The number of amides is 2. The average Bonchev–Trinajstić information content (AvgIpc) is 2.80. The maximum Gasteiger partial charge on any atom is 0.240 e. The van der Waals surface area contributed by atoms with E-state index in [4.69, 9.17) is 0 Å². The van der Waals surface area contributed by atoms with E-state index in [1.54, 1.807) is 6.92 Å². The highest BCUT2D eigenvalue weighted by molar-refractivity contribution is 5.81. The summed E-state index contributed by atoms with van der Waals surface area (Å²) in [6, 6.07) is 27.7. The first-order chi connectivity index (χ1) is 15.1. The van der Waals surface area contributed by atoms with E-state index in [1.165, 1.54) is 5.56 Å². The van der Waals surface area contributed by atoms with Crippen LogP contribution in [0.2, 0.25) is 0 Å². The average molecular weight is 414 g/mol. The predicted molar refractivity (Wildman–Crippen MR) is 122 cm³/mol. The Labute approximate surface area is 183 Å². The molecule has 0 saturated heterocycles. The summed E-state index contributed by atoms with van der Waals surface area (Å²) in [6.07, 6.45) is 1.03. The topological polar surface area (TPSA) is 52.7 Å². The number of hydrazine groups is 1. The van der Waals surface area contributed by atoms with Crippen molar-refractivity contribution in [3.8, 4) is 0 Å². The third-order valence-corrected chi connectivity index (χ3v) is 5.71. The van der Waals surface area contributed by atoms with E-state index in [2.05, 4.69) is 11.5 Å². The molecule has 1 aliphatic heterocycles. The Bertz CT molecular complexity index is 1040. The van der Waals surface area contributed by atoms with E-state index in [9.17, 15) is 9.59 Å². The number of carbonyl (C=O) groups is 2. The fraction of sp³-hybridized carbons (Fsp3) is 0.231. The van der Waals surface area contributed by atoms with Gasteiger partial charge in [0.05, 0.1) is 24.7 Å². The molecule has 4 rings (SSSR count). The Hall–Kier alpha value is -3.60. The van der Waals surface area contributed by atoms with Crippen molar-refractivity contribution in [2.75, 3.05) is 11.6 Å². The highest BCUT2D eigenvalue weighted by Crippen LogP contribution is 2.32. The molecular weight excluding hydrogens is 386 g/mol. The van der Waals surface area contributed by atoms with Gasteiger partial charge in [0.1, 0.15) is 0 Å². The number of carbonyl (C=O) groups excluding carboxylic acids is 2. The Morgan fingerprint density at radius 3 is 2.29 bits per heavy atom. The quantitative estimate of drug-likeness (QED) is 0.615. The molecule has 0 aliphatic carbocycles. The van der Waals surface area contributed by atoms with E-state index in [0.717, 1.165) is 23.2 Å². The van der Waals surface area contributed by atoms with Gasteiger partial charge in [-0.15, -0.1) is 0 Å². The fourth-order valence-electron chi connectivity index (χ4n) is 4.19. The first kappa shape index (κ1) is 20.7. The van der Waals surface area contributed by atoms with Crippen LogP contribution < -0.4 is 10.4 Å². The molecule has 1 aliphatic rings. The molecule has 3 aromatic rings. The number of para-hydroxylation sites is 1. The van der Waals surface area contributed by atoms with E-state index in [0.29, 0.717) is 13.1 Å². The molecule has 1 unspecified atom stereocenters. The maximum atomic E-state index is 13.2. The lowest BCUT2D eigenvalue weighted by Crippen LogP contribution is -2.45. The summed E-state index contributed by atoms with van der Waals surface area (Å²) in [5.74, 6) is -0.121. The Morgan fingerprint density at radius 1 is 0.935 bits per heavy atom. The zero-order valence-corrected chi connectivity index (χ0v) is 17.7. The van der Waals surface area contributed by atoms with Crippen LogP contribution in [0.25, 0.3) is 0 Å². The zero-order chi connectivity index (χ0) is 21.6. The summed E-state index contributed by atoms with van der Waals surface area (Å²) in [5, 5.41) is 1.87. The van der Waals surface area contributed by atoms with E-state index >= 15 is 0 Å². The minimum Gasteiger partial charge on any atom is -0.335 e. The zero-order valence-electron chi connectivity index (χ0n) is 17.7. The van der Waals surface area contributed by atoms with Crippen LogP contribution in [0.5, 0.6) is 0 Å². The molecule has 158 valence electrons. The van der Waals surface area contributed by atoms with Gasteiger partial charge in [-0.25, -0.2) is 0 Å². The summed E-state index contributed by atoms with van der Waals surface area (Å²) in [6.45, 7) is 2.76. The normalized spacial score (nSPS) is 15.1. The van der Waals surface area contributed by atoms with Gasteiger partial charge in [0.15, 0.2) is 0 Å². The van der Waals surface area contributed by atoms with E-state index in [1.807, 2.05) is 88.8 Å². The second-order valence-corrected chi connectivity index (χ2v) is 7.82. The summed E-state index contributed by atoms with van der Waals surface area (Å²) >= 11 is 0. The number of hydrogen-bond acceptors (Lipinski definition) is 3. The van der Waals surface area contributed by atoms with Crippen molar-refractivity contribution in [2.45, 2.75) is 32.4 Å². The number of benzene rings is 3. The van der Waals surface area contributed by atoms with Gasteiger partial charge >= 0.3 is 0 Å². The molecule has 31 heavy (non-hydrogen) atoms. The molecule has 1 atom stereocenters. The van der Waals surface area contributed by atoms with Gasteiger partial charge in [0.2, 0.25) is 11.8 Å². The van der Waals surface area contributed by atoms with Crippen LogP contribution >= 0.6 is 0 Å². The van der Waals surface area contributed by atoms with Crippen molar-refractivity contribution < 1.29 is 9.59 Å². The third-order valence-electron chi connectivity index (χ3n) is 5.71. The van der Waals surface area contributed by atoms with Gasteiger partial charge in [-0.1, -0.05) is 72.8 Å². The lowest BCUT2D eigenvalue weighted by molar-refractivity contribution is -0.133. The van der Waals surface area contributed by atoms with Gasteiger partial charge < -0.3 is 4.90 Å². The molecule has 0 bridgehead atoms. The molecule has 0 saturated carbocycles. The number of nitrogens with one attached hydrogen (secondary N) is 1. The number of hydrogen-bond donors (Lipinski definition) is 1. The van der Waals surface area contributed by atoms with Crippen molar-refractivity contribution in [3.63, 3.8) is 0 Å². The second kappa shape index (κ2) is 9.47. The van der Waals surface area contributed by atoms with Crippen LogP contribution in [-0.2, 0) is 22.6 Å². The molecule has 3 aromatic carbocycles. The van der Waals surface area contributed by atoms with Crippen molar-refractivity contribution in [1.82, 2.24) is 10.3 Å². The Balaban J connectivity index is 1.55. The predicted octanol–water partition coefficient (Wildman–Crippen LogP) is 4.26. The number of rotatable bonds is 6. The Kier molecular flexibility index (Phi) is 6.32. The smallest absolute Gasteiger partial charge is 0.240 e. The monoisotopic (exact) mass is 413 g/mol. The van der Waals surface area contributed by atoms with Crippen molar-refractivity contribution in [1.29, 1.82) is 0 Å². The standard InChI is InChI=1S/C26H27N3O2/c1-20(30)28-17-16-22-12-8-9-15-24(22)25(28)18-26(31)27-29(23-13-6-3-7-14-23)19-21-10-4-2-5-11-21/h2-15,25H,16-19H2,1H3,(H,27,31). The molecule has 0 aromatic heterocycles. The maximum absolute atomic E-state index is 13.2. The number of fused-ring (bicyclic) bond motifs is 1. The first-order valence-corrected chi connectivity index (χ1v) is 10.6. The van der Waals surface area contributed by atoms with E-state index in [-0.39, 0.29) is 24.3 Å². The lowest BCUT2D eigenvalue weighted by Gasteiger charge is -2.37. The van der Waals surface area contributed by atoms with Gasteiger partial charge in [0, 0.05) is 13.5 Å². The van der Waals surface area contributed by atoms with Gasteiger partial charge in [-0.3, -0.25) is 20.0 Å². The number of anilines is 1. The minimum atomic E-state index is -0.253. The highest BCUT2D eigenvalue weighted by Gasteiger charge is 2.31. The highest BCUT2D eigenvalue weighted by atomic mass is 16.2. The Morgan fingerprint density at radius 2 is 1.58 bits per heavy atom. The molecule has 5 heteroatoms. The molecule has 5 nitrogen and oxygen atoms in total. The van der Waals surface area contributed by atoms with Crippen molar-refractivity contribution >= 4 is 17.5 Å². The molecule has 0 radical (unpaired) electrons. The van der Waals surface area contributed by atoms with Crippen LogP contribution in [0.3, 0.4) is 0 Å². The molecule has 1 N–H and O–H groups in total. The summed E-state index contributed by atoms with van der Waals surface area (Å²) in [7, 11) is 0. The first-order valence-electron chi connectivity index (χ1n) is 10.6. The lowest BCUT2D eigenvalue weighted by atomic mass is 9.90. The van der Waals surface area contributed by atoms with Gasteiger partial charge in [-0.05, 0) is 35.2 Å². The number of nitrogens with zero attached hydrogens (tertiary/aromatic N) is 2. The minimum absolute atomic E-state index is 0.00324. The van der Waals surface area contributed by atoms with E-state index < -0.39 is 0 Å². The molecule has 2 amide bonds. The van der Waals surface area contributed by atoms with Crippen molar-refractivity contribution in [2.24, 2.45) is 0 Å². The second-order valence-electron chi connectivity index (χ2n) is 7.82. The van der Waals surface area contributed by atoms with Crippen LogP contribution in [0.15, 0.2) is 84.9 Å². The molecule has 0 spiro atoms. The fourth-order valence-corrected chi connectivity index (χ4v) is 4.19. The molecule has 1 heterocycles. The van der Waals surface area contributed by atoms with Gasteiger partial charge in [0.25, 0.3) is 0 Å². The largest absolute Gasteiger partial charge is 0.335 e. The molecular formula is C26H27N3O2. The summed E-state index contributed by atoms with van der Waals surface area (Å²) < 4.78 is 0. The van der Waals surface area contributed by atoms with Crippen LogP contribution in [0, 0.1) is 0 Å². The molecule has 0 fully saturated rings. The van der Waals surface area contributed by atoms with Gasteiger partial charge in [-0.2, -0.15) is 0 Å². The van der Waals surface area contributed by atoms with Crippen LogP contribution in [0.1, 0.15) is 36.1 Å². The van der Waals surface area contributed by atoms with Crippen LogP contribution in [-0.4, -0.2) is 23.3 Å². The third kappa shape index (κ3) is 4.94. The summed E-state index contributed by atoms with van der Waals surface area (Å²) in [5.41, 5.74) is 7.36.